The number of aromatic nitrogens is 2. The highest BCUT2D eigenvalue weighted by Crippen LogP contribution is 2.28. The summed E-state index contributed by atoms with van der Waals surface area (Å²) >= 11 is 6.12. The van der Waals surface area contributed by atoms with Gasteiger partial charge in [-0.2, -0.15) is 4.98 Å². The number of ether oxygens (including phenoxy) is 2. The van der Waals surface area contributed by atoms with Gasteiger partial charge in [0, 0.05) is 5.02 Å². The van der Waals surface area contributed by atoms with E-state index in [1.807, 2.05) is 25.1 Å². The van der Waals surface area contributed by atoms with Crippen molar-refractivity contribution in [1.29, 1.82) is 0 Å². The Balaban J connectivity index is 2.41. The van der Waals surface area contributed by atoms with Gasteiger partial charge in [-0.1, -0.05) is 23.7 Å². The average molecular weight is 294 g/mol. The van der Waals surface area contributed by atoms with Gasteiger partial charge in [-0.15, -0.1) is 0 Å². The zero-order valence-corrected chi connectivity index (χ0v) is 12.3. The Labute approximate surface area is 122 Å². The lowest BCUT2D eigenvalue weighted by Crippen LogP contribution is -2.16. The molecule has 1 heterocycles. The minimum absolute atomic E-state index is 0.341. The molecule has 0 saturated heterocycles. The molecule has 1 atom stereocenters. The first-order chi connectivity index (χ1) is 9.56. The third kappa shape index (κ3) is 2.84. The fourth-order valence-corrected chi connectivity index (χ4v) is 1.98. The van der Waals surface area contributed by atoms with Crippen LogP contribution in [0.1, 0.15) is 22.9 Å². The standard InChI is InChI=1S/C14H16ClN3O2/c1-8-4-5-9(6-10(8)15)12(16)13-14(20-3)18-11(19-2)7-17-13/h4-7,12H,16H2,1-3H3. The van der Waals surface area contributed by atoms with E-state index < -0.39 is 6.04 Å². The molecular formula is C14H16ClN3O2. The van der Waals surface area contributed by atoms with Crippen molar-refractivity contribution in [3.63, 3.8) is 0 Å². The second-order valence-electron chi connectivity index (χ2n) is 4.29. The van der Waals surface area contributed by atoms with Crippen LogP contribution in [0.3, 0.4) is 0 Å². The molecule has 1 aromatic carbocycles. The largest absolute Gasteiger partial charge is 0.480 e. The molecule has 2 aromatic rings. The van der Waals surface area contributed by atoms with E-state index in [1.54, 1.807) is 0 Å². The predicted octanol–water partition coefficient (Wildman–Crippen LogP) is 2.50. The maximum Gasteiger partial charge on any atom is 0.240 e. The predicted molar refractivity (Wildman–Crippen MR) is 77.4 cm³/mol. The summed E-state index contributed by atoms with van der Waals surface area (Å²) in [6.07, 6.45) is 1.51. The van der Waals surface area contributed by atoms with Crippen LogP contribution >= 0.6 is 11.6 Å². The molecule has 106 valence electrons. The average Bonchev–Trinajstić information content (AvgIpc) is 2.48. The lowest BCUT2D eigenvalue weighted by atomic mass is 10.0. The molecule has 0 aliphatic heterocycles. The Morgan fingerprint density at radius 3 is 2.60 bits per heavy atom. The van der Waals surface area contributed by atoms with Crippen LogP contribution in [-0.4, -0.2) is 24.2 Å². The van der Waals surface area contributed by atoms with Crippen LogP contribution < -0.4 is 15.2 Å². The van der Waals surface area contributed by atoms with Gasteiger partial charge >= 0.3 is 0 Å². The highest BCUT2D eigenvalue weighted by atomic mass is 35.5. The van der Waals surface area contributed by atoms with E-state index in [-0.39, 0.29) is 0 Å². The first kappa shape index (κ1) is 14.6. The Hall–Kier alpha value is -1.85. The lowest BCUT2D eigenvalue weighted by molar-refractivity contribution is 0.355. The third-order valence-electron chi connectivity index (χ3n) is 3.00. The van der Waals surface area contributed by atoms with Crippen LogP contribution in [0.2, 0.25) is 5.02 Å². The number of benzene rings is 1. The molecule has 1 aromatic heterocycles. The van der Waals surface area contributed by atoms with Crippen LogP contribution in [-0.2, 0) is 0 Å². The summed E-state index contributed by atoms with van der Waals surface area (Å²) in [6.45, 7) is 1.94. The van der Waals surface area contributed by atoms with Gasteiger partial charge < -0.3 is 15.2 Å². The summed E-state index contributed by atoms with van der Waals surface area (Å²) in [5.74, 6) is 0.716. The molecule has 0 bridgehead atoms. The molecule has 0 saturated carbocycles. The van der Waals surface area contributed by atoms with E-state index in [0.717, 1.165) is 11.1 Å². The molecule has 0 amide bonds. The van der Waals surface area contributed by atoms with Crippen molar-refractivity contribution in [2.45, 2.75) is 13.0 Å². The van der Waals surface area contributed by atoms with Crippen LogP contribution in [0.15, 0.2) is 24.4 Å². The molecule has 5 nitrogen and oxygen atoms in total. The Morgan fingerprint density at radius 1 is 1.25 bits per heavy atom. The van der Waals surface area contributed by atoms with E-state index in [9.17, 15) is 0 Å². The van der Waals surface area contributed by atoms with E-state index in [0.29, 0.717) is 22.5 Å². The number of nitrogens with zero attached hydrogens (tertiary/aromatic N) is 2. The highest BCUT2D eigenvalue weighted by Gasteiger charge is 2.18. The maximum atomic E-state index is 6.22. The first-order valence-electron chi connectivity index (χ1n) is 6.03. The fourth-order valence-electron chi connectivity index (χ4n) is 1.79. The van der Waals surface area contributed by atoms with Crippen molar-refractivity contribution in [2.24, 2.45) is 5.73 Å². The van der Waals surface area contributed by atoms with Gasteiger partial charge in [0.15, 0.2) is 0 Å². The second kappa shape index (κ2) is 6.07. The van der Waals surface area contributed by atoms with Gasteiger partial charge in [0.05, 0.1) is 26.5 Å². The van der Waals surface area contributed by atoms with Crippen LogP contribution in [0.25, 0.3) is 0 Å². The minimum atomic E-state index is -0.471. The number of aryl methyl sites for hydroxylation is 1. The molecule has 6 heteroatoms. The molecule has 0 aliphatic carbocycles. The van der Waals surface area contributed by atoms with Crippen molar-refractivity contribution in [3.8, 4) is 11.8 Å². The summed E-state index contributed by atoms with van der Waals surface area (Å²) in [5.41, 5.74) is 8.60. The van der Waals surface area contributed by atoms with Crippen LogP contribution in [0.5, 0.6) is 11.8 Å². The number of halogens is 1. The zero-order chi connectivity index (χ0) is 14.7. The third-order valence-corrected chi connectivity index (χ3v) is 3.40. The maximum absolute atomic E-state index is 6.22. The van der Waals surface area contributed by atoms with E-state index >= 15 is 0 Å². The number of nitrogens with two attached hydrogens (primary N) is 1. The van der Waals surface area contributed by atoms with Crippen LogP contribution in [0.4, 0.5) is 0 Å². The molecular weight excluding hydrogens is 278 g/mol. The summed E-state index contributed by atoms with van der Waals surface area (Å²) in [5, 5.41) is 0.665. The molecule has 0 fully saturated rings. The van der Waals surface area contributed by atoms with Crippen molar-refractivity contribution in [1.82, 2.24) is 9.97 Å². The SMILES string of the molecule is COc1cnc(C(N)c2ccc(C)c(Cl)c2)c(OC)n1. The van der Waals surface area contributed by atoms with Crippen molar-refractivity contribution in [2.75, 3.05) is 14.2 Å². The second-order valence-corrected chi connectivity index (χ2v) is 4.70. The Kier molecular flexibility index (Phi) is 4.42. The van der Waals surface area contributed by atoms with Gasteiger partial charge in [0.25, 0.3) is 0 Å². The van der Waals surface area contributed by atoms with E-state index in [1.165, 1.54) is 20.4 Å². The zero-order valence-electron chi connectivity index (χ0n) is 11.6. The van der Waals surface area contributed by atoms with Gasteiger partial charge in [-0.3, -0.25) is 0 Å². The number of rotatable bonds is 4. The van der Waals surface area contributed by atoms with Crippen LogP contribution in [0, 0.1) is 6.92 Å². The molecule has 0 spiro atoms. The smallest absolute Gasteiger partial charge is 0.240 e. The molecule has 2 rings (SSSR count). The van der Waals surface area contributed by atoms with E-state index in [2.05, 4.69) is 9.97 Å². The van der Waals surface area contributed by atoms with Gasteiger partial charge in [-0.25, -0.2) is 4.98 Å². The number of hydrogen-bond donors (Lipinski definition) is 1. The van der Waals surface area contributed by atoms with Crippen molar-refractivity contribution >= 4 is 11.6 Å². The summed E-state index contributed by atoms with van der Waals surface area (Å²) in [6, 6.07) is 5.19. The summed E-state index contributed by atoms with van der Waals surface area (Å²) in [4.78, 5) is 8.44. The van der Waals surface area contributed by atoms with Crippen molar-refractivity contribution < 1.29 is 9.47 Å². The molecule has 2 N–H and O–H groups in total. The van der Waals surface area contributed by atoms with Crippen molar-refractivity contribution in [3.05, 3.63) is 46.2 Å². The topological polar surface area (TPSA) is 70.3 Å². The summed E-state index contributed by atoms with van der Waals surface area (Å²) < 4.78 is 10.2. The number of hydrogen-bond acceptors (Lipinski definition) is 5. The van der Waals surface area contributed by atoms with Gasteiger partial charge in [0.1, 0.15) is 5.69 Å². The molecule has 0 radical (unpaired) electrons. The van der Waals surface area contributed by atoms with Gasteiger partial charge in [0.2, 0.25) is 11.8 Å². The Morgan fingerprint density at radius 2 is 2.00 bits per heavy atom. The van der Waals surface area contributed by atoms with E-state index in [4.69, 9.17) is 26.8 Å². The molecule has 1 unspecified atom stereocenters. The highest BCUT2D eigenvalue weighted by molar-refractivity contribution is 6.31. The quantitative estimate of drug-likeness (QED) is 0.938. The van der Waals surface area contributed by atoms with Gasteiger partial charge in [-0.05, 0) is 24.1 Å². The normalized spacial score (nSPS) is 12.1. The molecule has 20 heavy (non-hydrogen) atoms. The fraction of sp³-hybridized carbons (Fsp3) is 0.286. The molecule has 0 aliphatic rings. The summed E-state index contributed by atoms with van der Waals surface area (Å²) in [7, 11) is 3.03. The lowest BCUT2D eigenvalue weighted by Gasteiger charge is -2.15. The minimum Gasteiger partial charge on any atom is -0.480 e. The Bertz CT molecular complexity index is 619. The first-order valence-corrected chi connectivity index (χ1v) is 6.41. The monoisotopic (exact) mass is 293 g/mol. The number of methoxy groups -OCH3 is 2.